The molecule has 2 atom stereocenters. The second-order valence-corrected chi connectivity index (χ2v) is 4.92. The van der Waals surface area contributed by atoms with E-state index in [4.69, 9.17) is 10.5 Å². The van der Waals surface area contributed by atoms with E-state index in [0.29, 0.717) is 17.7 Å². The lowest BCUT2D eigenvalue weighted by molar-refractivity contribution is 0.332. The Labute approximate surface area is 108 Å². The zero-order valence-electron chi connectivity index (χ0n) is 10.9. The molecule has 0 aromatic heterocycles. The third-order valence-corrected chi connectivity index (χ3v) is 3.74. The molecule has 0 bridgehead atoms. The van der Waals surface area contributed by atoms with Gasteiger partial charge in [0.2, 0.25) is 0 Å². The maximum Gasteiger partial charge on any atom is 0.160 e. The van der Waals surface area contributed by atoms with E-state index in [1.54, 1.807) is 19.2 Å². The molecule has 1 aromatic carbocycles. The first-order valence-corrected chi connectivity index (χ1v) is 6.58. The van der Waals surface area contributed by atoms with E-state index < -0.39 is 0 Å². The van der Waals surface area contributed by atoms with Crippen molar-refractivity contribution < 1.29 is 9.84 Å². The number of rotatable bonds is 4. The van der Waals surface area contributed by atoms with Crippen molar-refractivity contribution in [2.75, 3.05) is 19.0 Å². The number of benzene rings is 1. The number of hydrogen-bond acceptors (Lipinski definition) is 4. The van der Waals surface area contributed by atoms with Crippen LogP contribution in [0.2, 0.25) is 0 Å². The van der Waals surface area contributed by atoms with Crippen LogP contribution in [0.5, 0.6) is 11.5 Å². The number of phenols is 1. The lowest BCUT2D eigenvalue weighted by Crippen LogP contribution is -2.36. The Kier molecular flexibility index (Phi) is 4.31. The first kappa shape index (κ1) is 13.0. The van der Waals surface area contributed by atoms with Crippen molar-refractivity contribution >= 4 is 5.69 Å². The summed E-state index contributed by atoms with van der Waals surface area (Å²) in [6, 6.07) is 5.83. The van der Waals surface area contributed by atoms with E-state index in [9.17, 15) is 5.11 Å². The van der Waals surface area contributed by atoms with Gasteiger partial charge in [0, 0.05) is 17.8 Å². The average Bonchev–Trinajstić information content (AvgIpc) is 2.39. The number of phenolic OH excluding ortho intramolecular Hbond substituents is 1. The molecule has 18 heavy (non-hydrogen) atoms. The Morgan fingerprint density at radius 2 is 2.17 bits per heavy atom. The number of hydrogen-bond donors (Lipinski definition) is 3. The normalized spacial score (nSPS) is 23.7. The standard InChI is InChI=1S/C14H22N2O2/c1-18-14-7-6-11(8-13(14)17)16-12-5-3-2-4-10(12)9-15/h6-8,10,12,16-17H,2-5,9,15H2,1H3. The Morgan fingerprint density at radius 1 is 1.39 bits per heavy atom. The summed E-state index contributed by atoms with van der Waals surface area (Å²) in [5.41, 5.74) is 6.74. The number of anilines is 1. The smallest absolute Gasteiger partial charge is 0.160 e. The van der Waals surface area contributed by atoms with Gasteiger partial charge in [-0.15, -0.1) is 0 Å². The Balaban J connectivity index is 2.05. The van der Waals surface area contributed by atoms with Gasteiger partial charge in [0.1, 0.15) is 0 Å². The second-order valence-electron chi connectivity index (χ2n) is 4.92. The van der Waals surface area contributed by atoms with Crippen LogP contribution in [0.15, 0.2) is 18.2 Å². The average molecular weight is 250 g/mol. The molecule has 0 radical (unpaired) electrons. The summed E-state index contributed by atoms with van der Waals surface area (Å²) < 4.78 is 5.03. The quantitative estimate of drug-likeness (QED) is 0.767. The van der Waals surface area contributed by atoms with E-state index in [-0.39, 0.29) is 5.75 Å². The molecule has 100 valence electrons. The minimum atomic E-state index is 0.169. The Hall–Kier alpha value is -1.42. The molecule has 4 N–H and O–H groups in total. The molecule has 0 spiro atoms. The predicted octanol–water partition coefficient (Wildman–Crippen LogP) is 2.33. The monoisotopic (exact) mass is 250 g/mol. The van der Waals surface area contributed by atoms with E-state index in [1.807, 2.05) is 6.07 Å². The third kappa shape index (κ3) is 2.88. The minimum Gasteiger partial charge on any atom is -0.504 e. The van der Waals surface area contributed by atoms with E-state index in [1.165, 1.54) is 19.3 Å². The van der Waals surface area contributed by atoms with Gasteiger partial charge in [-0.1, -0.05) is 12.8 Å². The van der Waals surface area contributed by atoms with Gasteiger partial charge in [-0.05, 0) is 37.4 Å². The molecular formula is C14H22N2O2. The van der Waals surface area contributed by atoms with Crippen LogP contribution in [-0.2, 0) is 0 Å². The molecule has 1 saturated carbocycles. The zero-order chi connectivity index (χ0) is 13.0. The van der Waals surface area contributed by atoms with Crippen LogP contribution >= 0.6 is 0 Å². The Morgan fingerprint density at radius 3 is 2.83 bits per heavy atom. The van der Waals surface area contributed by atoms with Crippen molar-refractivity contribution in [3.8, 4) is 11.5 Å². The Bertz CT molecular complexity index is 395. The highest BCUT2D eigenvalue weighted by Crippen LogP contribution is 2.31. The number of ether oxygens (including phenoxy) is 1. The fraction of sp³-hybridized carbons (Fsp3) is 0.571. The highest BCUT2D eigenvalue weighted by atomic mass is 16.5. The van der Waals surface area contributed by atoms with Gasteiger partial charge in [-0.25, -0.2) is 0 Å². The van der Waals surface area contributed by atoms with Gasteiger partial charge in [0.15, 0.2) is 11.5 Å². The van der Waals surface area contributed by atoms with Crippen LogP contribution < -0.4 is 15.8 Å². The molecule has 0 amide bonds. The van der Waals surface area contributed by atoms with Gasteiger partial charge in [-0.3, -0.25) is 0 Å². The summed E-state index contributed by atoms with van der Waals surface area (Å²) >= 11 is 0. The molecule has 1 aliphatic rings. The minimum absolute atomic E-state index is 0.169. The van der Waals surface area contributed by atoms with Crippen molar-refractivity contribution in [3.63, 3.8) is 0 Å². The highest BCUT2D eigenvalue weighted by Gasteiger charge is 2.23. The molecule has 2 rings (SSSR count). The van der Waals surface area contributed by atoms with Crippen molar-refractivity contribution in [2.45, 2.75) is 31.7 Å². The van der Waals surface area contributed by atoms with Gasteiger partial charge >= 0.3 is 0 Å². The maximum absolute atomic E-state index is 9.75. The molecule has 0 saturated heterocycles. The van der Waals surface area contributed by atoms with Crippen LogP contribution in [0, 0.1) is 5.92 Å². The third-order valence-electron chi connectivity index (χ3n) is 3.74. The number of nitrogens with two attached hydrogens (primary N) is 1. The molecule has 2 unspecified atom stereocenters. The van der Waals surface area contributed by atoms with Crippen molar-refractivity contribution in [3.05, 3.63) is 18.2 Å². The maximum atomic E-state index is 9.75. The molecule has 0 heterocycles. The fourth-order valence-electron chi connectivity index (χ4n) is 2.67. The summed E-state index contributed by atoms with van der Waals surface area (Å²) in [5.74, 6) is 1.20. The van der Waals surface area contributed by atoms with E-state index in [2.05, 4.69) is 5.32 Å². The van der Waals surface area contributed by atoms with Crippen LogP contribution in [0.4, 0.5) is 5.69 Å². The summed E-state index contributed by atoms with van der Waals surface area (Å²) in [4.78, 5) is 0. The number of aromatic hydroxyl groups is 1. The summed E-state index contributed by atoms with van der Waals surface area (Å²) in [5, 5.41) is 13.2. The molecule has 1 aromatic rings. The molecular weight excluding hydrogens is 228 g/mol. The first-order chi connectivity index (χ1) is 8.74. The lowest BCUT2D eigenvalue weighted by Gasteiger charge is -2.32. The van der Waals surface area contributed by atoms with E-state index in [0.717, 1.165) is 18.7 Å². The van der Waals surface area contributed by atoms with Crippen LogP contribution in [0.25, 0.3) is 0 Å². The molecule has 4 nitrogen and oxygen atoms in total. The molecule has 4 heteroatoms. The van der Waals surface area contributed by atoms with Gasteiger partial charge in [0.25, 0.3) is 0 Å². The van der Waals surface area contributed by atoms with E-state index >= 15 is 0 Å². The number of nitrogens with one attached hydrogen (secondary N) is 1. The molecule has 0 aliphatic heterocycles. The molecule has 1 aliphatic carbocycles. The van der Waals surface area contributed by atoms with Crippen molar-refractivity contribution in [1.82, 2.24) is 0 Å². The van der Waals surface area contributed by atoms with Crippen LogP contribution in [-0.4, -0.2) is 24.8 Å². The topological polar surface area (TPSA) is 67.5 Å². The lowest BCUT2D eigenvalue weighted by atomic mass is 9.84. The van der Waals surface area contributed by atoms with Crippen LogP contribution in [0.1, 0.15) is 25.7 Å². The molecule has 1 fully saturated rings. The van der Waals surface area contributed by atoms with Gasteiger partial charge in [0.05, 0.1) is 7.11 Å². The number of methoxy groups -OCH3 is 1. The van der Waals surface area contributed by atoms with Crippen LogP contribution in [0.3, 0.4) is 0 Å². The largest absolute Gasteiger partial charge is 0.504 e. The SMILES string of the molecule is COc1ccc(NC2CCCCC2CN)cc1O. The second kappa shape index (κ2) is 5.96. The predicted molar refractivity (Wildman–Crippen MR) is 73.1 cm³/mol. The zero-order valence-corrected chi connectivity index (χ0v) is 10.9. The van der Waals surface area contributed by atoms with Gasteiger partial charge in [-0.2, -0.15) is 0 Å². The fourth-order valence-corrected chi connectivity index (χ4v) is 2.67. The summed E-state index contributed by atoms with van der Waals surface area (Å²) in [6.45, 7) is 0.722. The van der Waals surface area contributed by atoms with Crippen molar-refractivity contribution in [1.29, 1.82) is 0 Å². The highest BCUT2D eigenvalue weighted by molar-refractivity contribution is 5.54. The summed E-state index contributed by atoms with van der Waals surface area (Å²) in [6.07, 6.45) is 4.86. The summed E-state index contributed by atoms with van der Waals surface area (Å²) in [7, 11) is 1.55. The van der Waals surface area contributed by atoms with Gasteiger partial charge < -0.3 is 20.9 Å². The first-order valence-electron chi connectivity index (χ1n) is 6.58. The van der Waals surface area contributed by atoms with Crippen molar-refractivity contribution in [2.24, 2.45) is 11.7 Å².